The quantitative estimate of drug-likeness (QED) is 0.729. The molecule has 3 rings (SSSR count). The molecule has 3 aromatic rings. The van der Waals surface area contributed by atoms with E-state index in [0.29, 0.717) is 23.5 Å². The third-order valence-corrected chi connectivity index (χ3v) is 4.76. The number of hydrogen-bond donors (Lipinski definition) is 1. The average Bonchev–Trinajstić information content (AvgIpc) is 3.21. The van der Waals surface area contributed by atoms with Crippen LogP contribution in [0.1, 0.15) is 31.2 Å². The molecule has 0 spiro atoms. The zero-order chi connectivity index (χ0) is 18.4. The molecule has 0 fully saturated rings. The van der Waals surface area contributed by atoms with Gasteiger partial charge in [-0.1, -0.05) is 24.3 Å². The number of pyridine rings is 1. The van der Waals surface area contributed by atoms with Gasteiger partial charge in [0.2, 0.25) is 0 Å². The van der Waals surface area contributed by atoms with Crippen molar-refractivity contribution in [3.05, 3.63) is 87.9 Å². The zero-order valence-corrected chi connectivity index (χ0v) is 15.2. The Bertz CT molecular complexity index is 862. The van der Waals surface area contributed by atoms with Crippen molar-refractivity contribution >= 4 is 23.2 Å². The topological polar surface area (TPSA) is 62.3 Å². The van der Waals surface area contributed by atoms with Gasteiger partial charge in [0.05, 0.1) is 4.88 Å². The summed E-state index contributed by atoms with van der Waals surface area (Å²) in [5.41, 5.74) is 2.54. The van der Waals surface area contributed by atoms with Crippen LogP contribution in [-0.4, -0.2) is 28.7 Å². The first-order chi connectivity index (χ1) is 12.6. The van der Waals surface area contributed by atoms with Gasteiger partial charge in [0, 0.05) is 38.1 Å². The number of rotatable bonds is 6. The molecule has 0 atom stereocenters. The Labute approximate surface area is 156 Å². The van der Waals surface area contributed by atoms with E-state index in [4.69, 9.17) is 0 Å². The molecule has 5 nitrogen and oxygen atoms in total. The maximum Gasteiger partial charge on any atom is 0.261 e. The van der Waals surface area contributed by atoms with Crippen molar-refractivity contribution in [1.29, 1.82) is 0 Å². The summed E-state index contributed by atoms with van der Waals surface area (Å²) in [6, 6.07) is 14.7. The number of thiophene rings is 1. The van der Waals surface area contributed by atoms with Gasteiger partial charge in [0.15, 0.2) is 0 Å². The van der Waals surface area contributed by atoms with Crippen LogP contribution < -0.4 is 5.32 Å². The molecule has 132 valence electrons. The summed E-state index contributed by atoms with van der Waals surface area (Å²) in [6.45, 7) is 0.933. The van der Waals surface area contributed by atoms with E-state index in [1.807, 2.05) is 35.7 Å². The van der Waals surface area contributed by atoms with E-state index in [1.54, 1.807) is 42.5 Å². The second kappa shape index (κ2) is 8.40. The van der Waals surface area contributed by atoms with E-state index in [1.165, 1.54) is 11.3 Å². The Morgan fingerprint density at radius 3 is 2.54 bits per heavy atom. The normalized spacial score (nSPS) is 10.3. The average molecular weight is 365 g/mol. The molecule has 0 radical (unpaired) electrons. The number of carbonyl (C=O) groups excluding carboxylic acids is 2. The summed E-state index contributed by atoms with van der Waals surface area (Å²) in [6.07, 6.45) is 3.46. The number of benzene rings is 1. The van der Waals surface area contributed by atoms with Crippen molar-refractivity contribution in [3.8, 4) is 0 Å². The van der Waals surface area contributed by atoms with Gasteiger partial charge in [-0.05, 0) is 40.8 Å². The molecule has 0 aliphatic rings. The van der Waals surface area contributed by atoms with E-state index < -0.39 is 0 Å². The molecule has 0 saturated carbocycles. The van der Waals surface area contributed by atoms with Gasteiger partial charge in [0.25, 0.3) is 11.8 Å². The Morgan fingerprint density at radius 1 is 1.08 bits per heavy atom. The zero-order valence-electron chi connectivity index (χ0n) is 14.4. The molecule has 0 unspecified atom stereocenters. The molecule has 1 aromatic carbocycles. The number of nitrogens with zero attached hydrogens (tertiary/aromatic N) is 2. The minimum absolute atomic E-state index is 0.0528. The van der Waals surface area contributed by atoms with Crippen LogP contribution in [0.5, 0.6) is 0 Å². The predicted octanol–water partition coefficient (Wildman–Crippen LogP) is 3.35. The fraction of sp³-hybridized carbons (Fsp3) is 0.150. The monoisotopic (exact) mass is 365 g/mol. The molecule has 2 aromatic heterocycles. The van der Waals surface area contributed by atoms with Crippen LogP contribution >= 0.6 is 11.3 Å². The van der Waals surface area contributed by atoms with Crippen molar-refractivity contribution in [2.45, 2.75) is 13.1 Å². The highest BCUT2D eigenvalue weighted by atomic mass is 32.1. The first-order valence-electron chi connectivity index (χ1n) is 8.18. The summed E-state index contributed by atoms with van der Waals surface area (Å²) in [5, 5.41) is 4.75. The van der Waals surface area contributed by atoms with E-state index in [-0.39, 0.29) is 11.8 Å². The minimum Gasteiger partial charge on any atom is -0.347 e. The summed E-state index contributed by atoms with van der Waals surface area (Å²) in [4.78, 5) is 30.9. The maximum atomic E-state index is 12.5. The fourth-order valence-electron chi connectivity index (χ4n) is 2.50. The first-order valence-corrected chi connectivity index (χ1v) is 9.06. The second-order valence-electron chi connectivity index (χ2n) is 5.88. The number of aromatic nitrogens is 1. The molecular formula is C20H19N3O2S. The van der Waals surface area contributed by atoms with Crippen LogP contribution in [0.15, 0.2) is 66.3 Å². The maximum absolute atomic E-state index is 12.5. The van der Waals surface area contributed by atoms with Crippen molar-refractivity contribution in [2.24, 2.45) is 0 Å². The van der Waals surface area contributed by atoms with Crippen molar-refractivity contribution in [3.63, 3.8) is 0 Å². The van der Waals surface area contributed by atoms with E-state index >= 15 is 0 Å². The molecule has 6 heteroatoms. The molecule has 0 aliphatic heterocycles. The van der Waals surface area contributed by atoms with Gasteiger partial charge in [0.1, 0.15) is 0 Å². The van der Waals surface area contributed by atoms with Crippen LogP contribution in [-0.2, 0) is 13.1 Å². The largest absolute Gasteiger partial charge is 0.347 e. The molecule has 2 heterocycles. The lowest BCUT2D eigenvalue weighted by molar-refractivity contribution is 0.0784. The van der Waals surface area contributed by atoms with Crippen molar-refractivity contribution in [2.75, 3.05) is 7.05 Å². The smallest absolute Gasteiger partial charge is 0.261 e. The van der Waals surface area contributed by atoms with Crippen LogP contribution in [0.3, 0.4) is 0 Å². The van der Waals surface area contributed by atoms with Crippen LogP contribution in [0.4, 0.5) is 0 Å². The van der Waals surface area contributed by atoms with Crippen molar-refractivity contribution in [1.82, 2.24) is 15.2 Å². The lowest BCUT2D eigenvalue weighted by Crippen LogP contribution is -2.26. The van der Waals surface area contributed by atoms with Gasteiger partial charge >= 0.3 is 0 Å². The van der Waals surface area contributed by atoms with E-state index in [2.05, 4.69) is 10.3 Å². The standard InChI is InChI=1S/C20H19N3O2S/c1-23(14-16-4-2-10-21-12-16)20(25)17-8-6-15(7-9-17)13-22-19(24)18-5-3-11-26-18/h2-12H,13-14H2,1H3,(H,22,24). The third-order valence-electron chi connectivity index (χ3n) is 3.89. The third kappa shape index (κ3) is 4.55. The number of hydrogen-bond acceptors (Lipinski definition) is 4. The second-order valence-corrected chi connectivity index (χ2v) is 6.83. The van der Waals surface area contributed by atoms with Gasteiger partial charge in [-0.2, -0.15) is 0 Å². The summed E-state index contributed by atoms with van der Waals surface area (Å²) in [7, 11) is 1.77. The SMILES string of the molecule is CN(Cc1cccnc1)C(=O)c1ccc(CNC(=O)c2cccs2)cc1. The molecule has 2 amide bonds. The molecule has 26 heavy (non-hydrogen) atoms. The predicted molar refractivity (Wildman–Crippen MR) is 102 cm³/mol. The first kappa shape index (κ1) is 17.8. The van der Waals surface area contributed by atoms with Crippen LogP contribution in [0.25, 0.3) is 0 Å². The lowest BCUT2D eigenvalue weighted by Gasteiger charge is -2.17. The molecule has 0 aliphatic carbocycles. The van der Waals surface area contributed by atoms with Gasteiger partial charge in [-0.3, -0.25) is 14.6 Å². The van der Waals surface area contributed by atoms with Gasteiger partial charge in [-0.25, -0.2) is 0 Å². The fourth-order valence-corrected chi connectivity index (χ4v) is 3.14. The van der Waals surface area contributed by atoms with Crippen LogP contribution in [0, 0.1) is 0 Å². The Balaban J connectivity index is 1.56. The number of carbonyl (C=O) groups is 2. The highest BCUT2D eigenvalue weighted by molar-refractivity contribution is 7.12. The molecular weight excluding hydrogens is 346 g/mol. The molecule has 0 bridgehead atoms. The van der Waals surface area contributed by atoms with Gasteiger partial charge < -0.3 is 10.2 Å². The molecule has 0 saturated heterocycles. The Morgan fingerprint density at radius 2 is 1.88 bits per heavy atom. The summed E-state index contributed by atoms with van der Waals surface area (Å²) >= 11 is 1.41. The summed E-state index contributed by atoms with van der Waals surface area (Å²) in [5.74, 6) is -0.139. The lowest BCUT2D eigenvalue weighted by atomic mass is 10.1. The highest BCUT2D eigenvalue weighted by Crippen LogP contribution is 2.11. The number of nitrogens with one attached hydrogen (secondary N) is 1. The van der Waals surface area contributed by atoms with Crippen LogP contribution in [0.2, 0.25) is 0 Å². The molecule has 1 N–H and O–H groups in total. The van der Waals surface area contributed by atoms with Gasteiger partial charge in [-0.15, -0.1) is 11.3 Å². The van der Waals surface area contributed by atoms with Crippen molar-refractivity contribution < 1.29 is 9.59 Å². The Hall–Kier alpha value is -2.99. The highest BCUT2D eigenvalue weighted by Gasteiger charge is 2.12. The Kier molecular flexibility index (Phi) is 5.76. The number of amides is 2. The minimum atomic E-state index is -0.0867. The van der Waals surface area contributed by atoms with E-state index in [9.17, 15) is 9.59 Å². The summed E-state index contributed by atoms with van der Waals surface area (Å²) < 4.78 is 0. The van der Waals surface area contributed by atoms with E-state index in [0.717, 1.165) is 11.1 Å².